The summed E-state index contributed by atoms with van der Waals surface area (Å²) in [7, 11) is 0. The molecule has 112 valence electrons. The number of fused-ring (bicyclic) bond motifs is 1. The van der Waals surface area contributed by atoms with E-state index in [4.69, 9.17) is 5.11 Å². The summed E-state index contributed by atoms with van der Waals surface area (Å²) in [6.45, 7) is 2.61. The molecule has 2 aromatic rings. The van der Waals surface area contributed by atoms with E-state index in [9.17, 15) is 9.59 Å². The Kier molecular flexibility index (Phi) is 3.67. The van der Waals surface area contributed by atoms with Gasteiger partial charge in [0.05, 0.1) is 5.56 Å². The van der Waals surface area contributed by atoms with Crippen LogP contribution < -0.4 is 4.90 Å². The molecule has 0 atom stereocenters. The topological polar surface area (TPSA) is 57.6 Å². The lowest BCUT2D eigenvalue weighted by Gasteiger charge is -2.16. The van der Waals surface area contributed by atoms with E-state index in [1.165, 1.54) is 5.56 Å². The summed E-state index contributed by atoms with van der Waals surface area (Å²) in [5, 5.41) is 8.94. The zero-order valence-electron chi connectivity index (χ0n) is 12.4. The number of carboxylic acid groups (broad SMARTS) is 1. The Morgan fingerprint density at radius 3 is 2.41 bits per heavy atom. The number of anilines is 1. The van der Waals surface area contributed by atoms with E-state index in [2.05, 4.69) is 6.07 Å². The van der Waals surface area contributed by atoms with Gasteiger partial charge in [-0.1, -0.05) is 25.1 Å². The maximum atomic E-state index is 11.9. The molecule has 1 aliphatic rings. The van der Waals surface area contributed by atoms with E-state index >= 15 is 0 Å². The molecular weight excluding hydrogens is 278 g/mol. The van der Waals surface area contributed by atoms with Crippen LogP contribution in [-0.4, -0.2) is 23.5 Å². The normalized spacial score (nSPS) is 13.0. The molecule has 0 radical (unpaired) electrons. The fourth-order valence-electron chi connectivity index (χ4n) is 2.84. The minimum atomic E-state index is -0.922. The molecule has 3 rings (SSSR count). The molecule has 1 N–H and O–H groups in total. The van der Waals surface area contributed by atoms with Gasteiger partial charge in [-0.2, -0.15) is 0 Å². The minimum absolute atomic E-state index is 0.150. The molecule has 0 unspecified atom stereocenters. The van der Waals surface area contributed by atoms with Crippen molar-refractivity contribution in [2.24, 2.45) is 0 Å². The first-order chi connectivity index (χ1) is 10.6. The monoisotopic (exact) mass is 295 g/mol. The number of aromatic carboxylic acids is 1. The fraction of sp³-hybridized carbons (Fsp3) is 0.222. The molecule has 1 amide bonds. The van der Waals surface area contributed by atoms with Crippen LogP contribution in [0.15, 0.2) is 42.5 Å². The third-order valence-corrected chi connectivity index (χ3v) is 4.04. The van der Waals surface area contributed by atoms with Gasteiger partial charge in [0.2, 0.25) is 5.91 Å². The highest BCUT2D eigenvalue weighted by molar-refractivity contribution is 5.95. The maximum absolute atomic E-state index is 11.9. The van der Waals surface area contributed by atoms with Gasteiger partial charge in [0.25, 0.3) is 0 Å². The van der Waals surface area contributed by atoms with E-state index in [0.29, 0.717) is 6.42 Å². The standard InChI is InChI=1S/C18H17NO3/c1-2-17(20)19-10-9-15-11-14(7-8-16(15)19)12-3-5-13(6-4-12)18(21)22/h3-8,11H,2,9-10H2,1H3,(H,21,22). The van der Waals surface area contributed by atoms with Gasteiger partial charge >= 0.3 is 5.97 Å². The minimum Gasteiger partial charge on any atom is -0.478 e. The molecule has 0 aromatic heterocycles. The Labute approximate surface area is 129 Å². The van der Waals surface area contributed by atoms with Crippen LogP contribution in [-0.2, 0) is 11.2 Å². The van der Waals surface area contributed by atoms with Crippen LogP contribution >= 0.6 is 0 Å². The number of benzene rings is 2. The summed E-state index contributed by atoms with van der Waals surface area (Å²) < 4.78 is 0. The average molecular weight is 295 g/mol. The highest BCUT2D eigenvalue weighted by Crippen LogP contribution is 2.32. The Balaban J connectivity index is 1.91. The first kappa shape index (κ1) is 14.3. The van der Waals surface area contributed by atoms with Crippen molar-refractivity contribution in [3.8, 4) is 11.1 Å². The number of carboxylic acids is 1. The number of hydrogen-bond acceptors (Lipinski definition) is 2. The van der Waals surface area contributed by atoms with Crippen LogP contribution in [0.4, 0.5) is 5.69 Å². The molecule has 0 spiro atoms. The smallest absolute Gasteiger partial charge is 0.335 e. The van der Waals surface area contributed by atoms with E-state index in [1.807, 2.05) is 36.1 Å². The molecule has 0 fully saturated rings. The van der Waals surface area contributed by atoms with Crippen molar-refractivity contribution in [2.75, 3.05) is 11.4 Å². The second-order valence-electron chi connectivity index (χ2n) is 5.37. The second kappa shape index (κ2) is 5.64. The lowest BCUT2D eigenvalue weighted by molar-refractivity contribution is -0.118. The summed E-state index contributed by atoms with van der Waals surface area (Å²) >= 11 is 0. The number of rotatable bonds is 3. The van der Waals surface area contributed by atoms with Crippen molar-refractivity contribution >= 4 is 17.6 Å². The second-order valence-corrected chi connectivity index (χ2v) is 5.37. The van der Waals surface area contributed by atoms with Crippen molar-refractivity contribution in [1.82, 2.24) is 0 Å². The summed E-state index contributed by atoms with van der Waals surface area (Å²) in [4.78, 5) is 24.6. The Morgan fingerprint density at radius 1 is 1.09 bits per heavy atom. The van der Waals surface area contributed by atoms with Gasteiger partial charge in [-0.25, -0.2) is 4.79 Å². The van der Waals surface area contributed by atoms with Gasteiger partial charge in [0.15, 0.2) is 0 Å². The third kappa shape index (κ3) is 2.48. The number of amides is 1. The molecule has 0 aliphatic carbocycles. The fourth-order valence-corrected chi connectivity index (χ4v) is 2.84. The molecule has 22 heavy (non-hydrogen) atoms. The van der Waals surface area contributed by atoms with Crippen LogP contribution in [0.2, 0.25) is 0 Å². The Hall–Kier alpha value is -2.62. The first-order valence-corrected chi connectivity index (χ1v) is 7.37. The predicted molar refractivity (Wildman–Crippen MR) is 85.2 cm³/mol. The molecular formula is C18H17NO3. The van der Waals surface area contributed by atoms with E-state index in [1.54, 1.807) is 12.1 Å². The average Bonchev–Trinajstić information content (AvgIpc) is 2.97. The quantitative estimate of drug-likeness (QED) is 0.944. The van der Waals surface area contributed by atoms with Gasteiger partial charge in [-0.15, -0.1) is 0 Å². The molecule has 2 aromatic carbocycles. The summed E-state index contributed by atoms with van der Waals surface area (Å²) in [6, 6.07) is 12.9. The Bertz CT molecular complexity index is 734. The summed E-state index contributed by atoms with van der Waals surface area (Å²) in [5.74, 6) is -0.772. The molecule has 0 bridgehead atoms. The zero-order chi connectivity index (χ0) is 15.7. The molecule has 0 saturated carbocycles. The van der Waals surface area contributed by atoms with Crippen molar-refractivity contribution in [1.29, 1.82) is 0 Å². The van der Waals surface area contributed by atoms with Gasteiger partial charge in [-0.05, 0) is 47.4 Å². The molecule has 1 heterocycles. The number of nitrogens with zero attached hydrogens (tertiary/aromatic N) is 1. The highest BCUT2D eigenvalue weighted by Gasteiger charge is 2.23. The molecule has 1 aliphatic heterocycles. The maximum Gasteiger partial charge on any atom is 0.335 e. The summed E-state index contributed by atoms with van der Waals surface area (Å²) in [6.07, 6.45) is 1.37. The summed E-state index contributed by atoms with van der Waals surface area (Å²) in [5.41, 5.74) is 4.47. The van der Waals surface area contributed by atoms with E-state index < -0.39 is 5.97 Å². The third-order valence-electron chi connectivity index (χ3n) is 4.04. The van der Waals surface area contributed by atoms with Crippen LogP contribution in [0, 0.1) is 0 Å². The van der Waals surface area contributed by atoms with Crippen LogP contribution in [0.1, 0.15) is 29.3 Å². The zero-order valence-corrected chi connectivity index (χ0v) is 12.4. The molecule has 0 saturated heterocycles. The van der Waals surface area contributed by atoms with E-state index in [-0.39, 0.29) is 11.5 Å². The van der Waals surface area contributed by atoms with Crippen molar-refractivity contribution in [2.45, 2.75) is 19.8 Å². The SMILES string of the molecule is CCC(=O)N1CCc2cc(-c3ccc(C(=O)O)cc3)ccc21. The molecule has 4 heteroatoms. The van der Waals surface area contributed by atoms with Gasteiger partial charge in [0.1, 0.15) is 0 Å². The lowest BCUT2D eigenvalue weighted by Crippen LogP contribution is -2.27. The lowest BCUT2D eigenvalue weighted by atomic mass is 10.0. The highest BCUT2D eigenvalue weighted by atomic mass is 16.4. The van der Waals surface area contributed by atoms with Crippen LogP contribution in [0.5, 0.6) is 0 Å². The van der Waals surface area contributed by atoms with Crippen molar-refractivity contribution in [3.63, 3.8) is 0 Å². The largest absolute Gasteiger partial charge is 0.478 e. The van der Waals surface area contributed by atoms with Crippen LogP contribution in [0.25, 0.3) is 11.1 Å². The van der Waals surface area contributed by atoms with Gasteiger partial charge in [-0.3, -0.25) is 4.79 Å². The molecule has 4 nitrogen and oxygen atoms in total. The van der Waals surface area contributed by atoms with E-state index in [0.717, 1.165) is 29.8 Å². The van der Waals surface area contributed by atoms with Gasteiger partial charge in [0, 0.05) is 18.7 Å². The van der Waals surface area contributed by atoms with Crippen LogP contribution in [0.3, 0.4) is 0 Å². The van der Waals surface area contributed by atoms with Crippen molar-refractivity contribution in [3.05, 3.63) is 53.6 Å². The number of carbonyl (C=O) groups excluding carboxylic acids is 1. The number of carbonyl (C=O) groups is 2. The first-order valence-electron chi connectivity index (χ1n) is 7.37. The number of hydrogen-bond donors (Lipinski definition) is 1. The Morgan fingerprint density at radius 2 is 1.77 bits per heavy atom. The van der Waals surface area contributed by atoms with Crippen molar-refractivity contribution < 1.29 is 14.7 Å². The van der Waals surface area contributed by atoms with Gasteiger partial charge < -0.3 is 10.0 Å². The predicted octanol–water partition coefficient (Wildman–Crippen LogP) is 3.35.